The van der Waals surface area contributed by atoms with Gasteiger partial charge in [0.15, 0.2) is 0 Å². The summed E-state index contributed by atoms with van der Waals surface area (Å²) in [4.78, 5) is 22.3. The van der Waals surface area contributed by atoms with Crippen LogP contribution in [0.25, 0.3) is 0 Å². The van der Waals surface area contributed by atoms with E-state index in [2.05, 4.69) is 0 Å². The quantitative estimate of drug-likeness (QED) is 0.430. The summed E-state index contributed by atoms with van der Waals surface area (Å²) in [6.07, 6.45) is 5.47. The molecule has 0 aromatic carbocycles. The van der Waals surface area contributed by atoms with E-state index in [0.717, 1.165) is 12.8 Å². The van der Waals surface area contributed by atoms with Gasteiger partial charge in [-0.3, -0.25) is 14.9 Å². The fourth-order valence-corrected chi connectivity index (χ4v) is 3.97. The van der Waals surface area contributed by atoms with Gasteiger partial charge in [-0.05, 0) is 31.6 Å². The van der Waals surface area contributed by atoms with Crippen molar-refractivity contribution in [3.8, 4) is 0 Å². The number of carbonyl (C=O) groups excluding carboxylic acids is 1. The Morgan fingerprint density at radius 2 is 2.00 bits per heavy atom. The third kappa shape index (κ3) is 2.82. The first kappa shape index (κ1) is 13.3. The van der Waals surface area contributed by atoms with E-state index in [0.29, 0.717) is 18.4 Å². The Kier molecular flexibility index (Phi) is 3.88. The Balaban J connectivity index is 2.05. The van der Waals surface area contributed by atoms with Crippen molar-refractivity contribution in [2.24, 2.45) is 17.3 Å². The molecule has 0 bridgehead atoms. The van der Waals surface area contributed by atoms with E-state index in [1.807, 2.05) is 0 Å². The Morgan fingerprint density at radius 1 is 1.39 bits per heavy atom. The Labute approximate surface area is 107 Å². The van der Waals surface area contributed by atoms with Crippen LogP contribution >= 0.6 is 0 Å². The monoisotopic (exact) mass is 255 g/mol. The Morgan fingerprint density at radius 3 is 2.50 bits per heavy atom. The largest absolute Gasteiger partial charge is 0.466 e. The van der Waals surface area contributed by atoms with Crippen LogP contribution in [0, 0.1) is 27.4 Å². The van der Waals surface area contributed by atoms with Crippen molar-refractivity contribution in [3.63, 3.8) is 0 Å². The van der Waals surface area contributed by atoms with E-state index in [-0.39, 0.29) is 23.9 Å². The third-order valence-corrected chi connectivity index (χ3v) is 4.50. The van der Waals surface area contributed by atoms with Crippen molar-refractivity contribution in [1.29, 1.82) is 0 Å². The zero-order chi connectivity index (χ0) is 13.2. The zero-order valence-electron chi connectivity index (χ0n) is 10.9. The minimum absolute atomic E-state index is 0.0845. The topological polar surface area (TPSA) is 69.4 Å². The number of hydrogen-bond donors (Lipinski definition) is 0. The van der Waals surface area contributed by atoms with Gasteiger partial charge in [-0.2, -0.15) is 0 Å². The van der Waals surface area contributed by atoms with E-state index in [1.54, 1.807) is 6.92 Å². The number of nitrogens with zero attached hydrogens (tertiary/aromatic N) is 1. The minimum Gasteiger partial charge on any atom is -0.466 e. The summed E-state index contributed by atoms with van der Waals surface area (Å²) in [6, 6.07) is 0. The summed E-state index contributed by atoms with van der Waals surface area (Å²) < 4.78 is 4.97. The molecule has 0 aromatic heterocycles. The van der Waals surface area contributed by atoms with Gasteiger partial charge in [0.2, 0.25) is 6.54 Å². The summed E-state index contributed by atoms with van der Waals surface area (Å²) in [6.45, 7) is 2.03. The molecule has 102 valence electrons. The molecule has 2 fully saturated rings. The number of nitro groups is 1. The second-order valence-corrected chi connectivity index (χ2v) is 5.83. The second-order valence-electron chi connectivity index (χ2n) is 5.83. The Hall–Kier alpha value is -1.13. The first-order valence-corrected chi connectivity index (χ1v) is 6.82. The SMILES string of the molecule is CCOC(=O)C[C@@]1(C[N+](=O)[O-])C[C@H]2CCC[C@H]2C1. The maximum absolute atomic E-state index is 11.7. The van der Waals surface area contributed by atoms with E-state index in [4.69, 9.17) is 4.74 Å². The summed E-state index contributed by atoms with van der Waals surface area (Å²) in [5.74, 6) is 0.915. The molecule has 2 aliphatic carbocycles. The van der Waals surface area contributed by atoms with Crippen molar-refractivity contribution in [2.75, 3.05) is 13.2 Å². The number of rotatable bonds is 5. The van der Waals surface area contributed by atoms with Gasteiger partial charge in [0.1, 0.15) is 0 Å². The number of esters is 1. The van der Waals surface area contributed by atoms with Crippen LogP contribution in [0.2, 0.25) is 0 Å². The first-order chi connectivity index (χ1) is 8.54. The summed E-state index contributed by atoms with van der Waals surface area (Å²) in [5, 5.41) is 10.9. The molecular weight excluding hydrogens is 234 g/mol. The van der Waals surface area contributed by atoms with Crippen LogP contribution in [0.5, 0.6) is 0 Å². The maximum atomic E-state index is 11.7. The molecule has 0 unspecified atom stereocenters. The highest BCUT2D eigenvalue weighted by Crippen LogP contribution is 2.54. The van der Waals surface area contributed by atoms with Crippen LogP contribution in [0.15, 0.2) is 0 Å². The molecule has 3 atom stereocenters. The highest BCUT2D eigenvalue weighted by atomic mass is 16.6. The molecule has 0 heterocycles. The van der Waals surface area contributed by atoms with Crippen LogP contribution in [0.4, 0.5) is 0 Å². The normalized spacial score (nSPS) is 34.3. The van der Waals surface area contributed by atoms with Crippen molar-refractivity contribution >= 4 is 5.97 Å². The Bertz CT molecular complexity index is 330. The second kappa shape index (κ2) is 5.24. The van der Waals surface area contributed by atoms with Crippen LogP contribution < -0.4 is 0 Å². The van der Waals surface area contributed by atoms with Crippen LogP contribution in [-0.2, 0) is 9.53 Å². The van der Waals surface area contributed by atoms with Gasteiger partial charge in [-0.1, -0.05) is 19.3 Å². The molecule has 0 spiro atoms. The molecule has 0 aromatic rings. The third-order valence-electron chi connectivity index (χ3n) is 4.50. The average molecular weight is 255 g/mol. The lowest BCUT2D eigenvalue weighted by atomic mass is 9.80. The lowest BCUT2D eigenvalue weighted by Crippen LogP contribution is -2.31. The summed E-state index contributed by atoms with van der Waals surface area (Å²) >= 11 is 0. The van der Waals surface area contributed by atoms with Crippen molar-refractivity contribution in [2.45, 2.75) is 45.4 Å². The average Bonchev–Trinajstić information content (AvgIpc) is 2.74. The molecule has 2 rings (SSSR count). The predicted octanol–water partition coefficient (Wildman–Crippen LogP) is 2.41. The van der Waals surface area contributed by atoms with Gasteiger partial charge in [0.05, 0.1) is 13.0 Å². The molecule has 0 N–H and O–H groups in total. The van der Waals surface area contributed by atoms with Crippen molar-refractivity contribution < 1.29 is 14.5 Å². The van der Waals surface area contributed by atoms with Gasteiger partial charge >= 0.3 is 5.97 Å². The van der Waals surface area contributed by atoms with Crippen LogP contribution in [-0.4, -0.2) is 24.0 Å². The van der Waals surface area contributed by atoms with Crippen molar-refractivity contribution in [3.05, 3.63) is 10.1 Å². The minimum atomic E-state index is -0.439. The molecule has 0 amide bonds. The number of fused-ring (bicyclic) bond motifs is 1. The molecular formula is C13H21NO4. The number of ether oxygens (including phenoxy) is 1. The number of hydrogen-bond acceptors (Lipinski definition) is 4. The lowest BCUT2D eigenvalue weighted by Gasteiger charge is -2.24. The standard InChI is InChI=1S/C13H21NO4/c1-2-18-12(15)8-13(9-14(16)17)6-10-4-3-5-11(10)7-13/h10-11H,2-9H2,1H3/t10-,11+,13-. The maximum Gasteiger partial charge on any atom is 0.306 e. The molecule has 2 saturated carbocycles. The lowest BCUT2D eigenvalue weighted by molar-refractivity contribution is -0.497. The zero-order valence-corrected chi connectivity index (χ0v) is 10.9. The molecule has 5 heteroatoms. The molecule has 0 saturated heterocycles. The number of carbonyl (C=O) groups is 1. The van der Waals surface area contributed by atoms with Gasteiger partial charge in [0.25, 0.3) is 0 Å². The fourth-order valence-electron chi connectivity index (χ4n) is 3.97. The summed E-state index contributed by atoms with van der Waals surface area (Å²) in [7, 11) is 0. The summed E-state index contributed by atoms with van der Waals surface area (Å²) in [5.41, 5.74) is -0.439. The van der Waals surface area contributed by atoms with Gasteiger partial charge in [0, 0.05) is 10.3 Å². The highest BCUT2D eigenvalue weighted by molar-refractivity contribution is 5.70. The highest BCUT2D eigenvalue weighted by Gasteiger charge is 2.50. The van der Waals surface area contributed by atoms with Gasteiger partial charge in [-0.25, -0.2) is 0 Å². The molecule has 5 nitrogen and oxygen atoms in total. The molecule has 2 aliphatic rings. The van der Waals surface area contributed by atoms with Crippen molar-refractivity contribution in [1.82, 2.24) is 0 Å². The smallest absolute Gasteiger partial charge is 0.306 e. The van der Waals surface area contributed by atoms with Gasteiger partial charge < -0.3 is 4.74 Å². The van der Waals surface area contributed by atoms with E-state index in [1.165, 1.54) is 19.3 Å². The fraction of sp³-hybridized carbons (Fsp3) is 0.923. The molecule has 0 radical (unpaired) electrons. The molecule has 18 heavy (non-hydrogen) atoms. The van der Waals surface area contributed by atoms with E-state index in [9.17, 15) is 14.9 Å². The molecule has 0 aliphatic heterocycles. The van der Waals surface area contributed by atoms with Gasteiger partial charge in [-0.15, -0.1) is 0 Å². The first-order valence-electron chi connectivity index (χ1n) is 6.82. The van der Waals surface area contributed by atoms with E-state index >= 15 is 0 Å². The predicted molar refractivity (Wildman–Crippen MR) is 65.6 cm³/mol. The van der Waals surface area contributed by atoms with E-state index < -0.39 is 5.41 Å². The van der Waals surface area contributed by atoms with Crippen LogP contribution in [0.3, 0.4) is 0 Å². The van der Waals surface area contributed by atoms with Crippen LogP contribution in [0.1, 0.15) is 45.4 Å².